The smallest absolute Gasteiger partial charge is 0.225 e. The van der Waals surface area contributed by atoms with E-state index in [-0.39, 0.29) is 5.92 Å². The maximum atomic E-state index is 10.9. The molecule has 11 heteroatoms. The second kappa shape index (κ2) is 8.49. The molecule has 11 nitrogen and oxygen atoms in total. The predicted octanol–water partition coefficient (Wildman–Crippen LogP) is 4.09. The summed E-state index contributed by atoms with van der Waals surface area (Å²) in [5.74, 6) is 0.763. The van der Waals surface area contributed by atoms with E-state index < -0.39 is 23.2 Å². The van der Waals surface area contributed by atoms with Crippen molar-refractivity contribution in [2.45, 2.75) is 70.0 Å². The van der Waals surface area contributed by atoms with Crippen molar-refractivity contribution in [3.63, 3.8) is 0 Å². The molecule has 0 amide bonds. The maximum Gasteiger partial charge on any atom is 0.225 e. The third-order valence-corrected chi connectivity index (χ3v) is 8.04. The van der Waals surface area contributed by atoms with Crippen LogP contribution >= 0.6 is 0 Å². The van der Waals surface area contributed by atoms with E-state index in [2.05, 4.69) is 20.6 Å². The van der Waals surface area contributed by atoms with E-state index in [0.717, 1.165) is 28.9 Å². The van der Waals surface area contributed by atoms with Crippen LogP contribution < -0.4 is 10.6 Å². The van der Waals surface area contributed by atoms with Crippen LogP contribution in [0, 0.1) is 12.8 Å². The van der Waals surface area contributed by atoms with E-state index in [1.165, 1.54) is 0 Å². The molecule has 39 heavy (non-hydrogen) atoms. The molecule has 4 aromatic rings. The Kier molecular flexibility index (Phi) is 5.34. The molecular formula is C28H32N6O5. The van der Waals surface area contributed by atoms with Gasteiger partial charge < -0.3 is 39.4 Å². The van der Waals surface area contributed by atoms with Crippen molar-refractivity contribution in [3.8, 4) is 11.3 Å². The first kappa shape index (κ1) is 24.5. The van der Waals surface area contributed by atoms with Crippen LogP contribution in [0.25, 0.3) is 22.3 Å². The minimum absolute atomic E-state index is 0.0140. The van der Waals surface area contributed by atoms with Gasteiger partial charge in [-0.2, -0.15) is 4.98 Å². The van der Waals surface area contributed by atoms with E-state index in [4.69, 9.17) is 28.6 Å². The molecule has 4 N–H and O–H groups in total. The van der Waals surface area contributed by atoms with E-state index >= 15 is 0 Å². The highest BCUT2D eigenvalue weighted by molar-refractivity contribution is 5.86. The van der Waals surface area contributed by atoms with E-state index in [1.54, 1.807) is 13.3 Å². The van der Waals surface area contributed by atoms with Crippen LogP contribution in [0.3, 0.4) is 0 Å². The van der Waals surface area contributed by atoms with Gasteiger partial charge in [0.2, 0.25) is 5.95 Å². The Morgan fingerprint density at radius 2 is 2.10 bits per heavy atom. The average molecular weight is 533 g/mol. The van der Waals surface area contributed by atoms with Crippen molar-refractivity contribution in [1.82, 2.24) is 19.9 Å². The molecule has 4 aromatic heterocycles. The molecule has 1 aliphatic heterocycles. The summed E-state index contributed by atoms with van der Waals surface area (Å²) in [4.78, 5) is 17.3. The van der Waals surface area contributed by atoms with Crippen LogP contribution in [0.2, 0.25) is 0 Å². The molecule has 2 saturated carbocycles. The number of fused-ring (bicyclic) bond motifs is 1. The number of H-pyrrole nitrogens is 1. The zero-order valence-corrected chi connectivity index (χ0v) is 22.4. The highest BCUT2D eigenvalue weighted by Gasteiger charge is 2.85. The van der Waals surface area contributed by atoms with Gasteiger partial charge in [-0.1, -0.05) is 0 Å². The molecule has 204 valence electrons. The summed E-state index contributed by atoms with van der Waals surface area (Å²) in [7, 11) is 1.64. The largest absolute Gasteiger partial charge is 0.454 e. The average Bonchev–Trinajstić information content (AvgIpc) is 3.42. The molecule has 5 heterocycles. The number of methoxy groups -OCH3 is 1. The van der Waals surface area contributed by atoms with Crippen LogP contribution in [-0.4, -0.2) is 55.4 Å². The summed E-state index contributed by atoms with van der Waals surface area (Å²) >= 11 is 0. The number of pyridine rings is 1. The lowest BCUT2D eigenvalue weighted by Crippen LogP contribution is -2.50. The zero-order valence-electron chi connectivity index (χ0n) is 22.4. The van der Waals surface area contributed by atoms with Crippen molar-refractivity contribution < 1.29 is 23.7 Å². The van der Waals surface area contributed by atoms with Crippen molar-refractivity contribution >= 4 is 22.7 Å². The Labute approximate surface area is 225 Å². The number of anilines is 2. The highest BCUT2D eigenvalue weighted by atomic mass is 16.8. The fourth-order valence-corrected chi connectivity index (χ4v) is 6.48. The van der Waals surface area contributed by atoms with Gasteiger partial charge in [-0.25, -0.2) is 4.98 Å². The summed E-state index contributed by atoms with van der Waals surface area (Å²) < 4.78 is 24.4. The fraction of sp³-hybridized carbons (Fsp3) is 0.464. The molecule has 4 unspecified atom stereocenters. The van der Waals surface area contributed by atoms with E-state index in [1.807, 2.05) is 51.2 Å². The van der Waals surface area contributed by atoms with Crippen LogP contribution in [0.1, 0.15) is 43.8 Å². The van der Waals surface area contributed by atoms with Gasteiger partial charge in [0, 0.05) is 30.3 Å². The minimum atomic E-state index is -0.938. The number of furan rings is 1. The minimum Gasteiger partial charge on any atom is -0.454 e. The van der Waals surface area contributed by atoms with Gasteiger partial charge >= 0.3 is 0 Å². The maximum absolute atomic E-state index is 10.9. The normalized spacial score (nSPS) is 28.4. The standard InChI is InChI=1S/C28H32N6O5/c1-15-22(20-11-16-10-18(14-36-4)30-13-21(16)37-20)24(33-25(32-15)31-12-17-6-5-9-29-17)34-27-8-7-19-23(35)28(19,27)39-26(2,3)38-27/h5-6,9-11,13,19,23,29,35H,7-8,12,14H2,1-4H3,(H2,31,32,33,34). The quantitative estimate of drug-likeness (QED) is 0.262. The number of ether oxygens (including phenoxy) is 3. The SMILES string of the molecule is COCc1cc2cc(-c3c(C)nc(NCc4ccc[nH]4)nc3NC34CCC5C(O)C53OC(C)(C)O4)oc2cn1. The lowest BCUT2D eigenvalue weighted by atomic mass is 10.0. The van der Waals surface area contributed by atoms with Gasteiger partial charge in [0.25, 0.3) is 0 Å². The lowest BCUT2D eigenvalue weighted by molar-refractivity contribution is -0.166. The van der Waals surface area contributed by atoms with Gasteiger partial charge in [0.1, 0.15) is 11.6 Å². The molecule has 0 bridgehead atoms. The number of aliphatic hydroxyl groups is 1. The Morgan fingerprint density at radius 3 is 2.87 bits per heavy atom. The van der Waals surface area contributed by atoms with Crippen LogP contribution in [-0.2, 0) is 27.4 Å². The molecule has 3 fully saturated rings. The summed E-state index contributed by atoms with van der Waals surface area (Å²) in [6, 6.07) is 7.86. The van der Waals surface area contributed by atoms with Gasteiger partial charge in [0.15, 0.2) is 22.7 Å². The lowest BCUT2D eigenvalue weighted by Gasteiger charge is -2.33. The van der Waals surface area contributed by atoms with E-state index in [9.17, 15) is 5.11 Å². The molecule has 0 aromatic carbocycles. The molecule has 4 atom stereocenters. The zero-order chi connectivity index (χ0) is 27.0. The third kappa shape index (κ3) is 3.75. The second-order valence-electron chi connectivity index (χ2n) is 11.1. The number of hydrogen-bond donors (Lipinski definition) is 4. The van der Waals surface area contributed by atoms with Crippen molar-refractivity contribution in [2.75, 3.05) is 17.7 Å². The summed E-state index contributed by atoms with van der Waals surface area (Å²) in [5.41, 5.74) is 2.15. The number of aliphatic hydroxyl groups excluding tert-OH is 1. The molecule has 2 aliphatic carbocycles. The first-order valence-electron chi connectivity index (χ1n) is 13.2. The summed E-state index contributed by atoms with van der Waals surface area (Å²) in [6.07, 6.45) is 4.45. The van der Waals surface area contributed by atoms with Crippen LogP contribution in [0.4, 0.5) is 11.8 Å². The second-order valence-corrected chi connectivity index (χ2v) is 11.1. The number of aromatic amines is 1. The summed E-state index contributed by atoms with van der Waals surface area (Å²) in [5, 5.41) is 18.7. The van der Waals surface area contributed by atoms with Crippen LogP contribution in [0.15, 0.2) is 41.1 Å². The molecule has 1 spiro atoms. The van der Waals surface area contributed by atoms with Gasteiger partial charge in [0.05, 0.1) is 42.4 Å². The van der Waals surface area contributed by atoms with Crippen molar-refractivity contribution in [2.24, 2.45) is 5.92 Å². The third-order valence-electron chi connectivity index (χ3n) is 8.04. The first-order chi connectivity index (χ1) is 18.7. The monoisotopic (exact) mass is 532 g/mol. The van der Waals surface area contributed by atoms with Gasteiger partial charge in [-0.3, -0.25) is 4.98 Å². The fourth-order valence-electron chi connectivity index (χ4n) is 6.48. The Balaban J connectivity index is 1.32. The highest BCUT2D eigenvalue weighted by Crippen LogP contribution is 2.70. The Bertz CT molecular complexity index is 1550. The van der Waals surface area contributed by atoms with Crippen LogP contribution in [0.5, 0.6) is 0 Å². The van der Waals surface area contributed by atoms with Crippen molar-refractivity contribution in [1.29, 1.82) is 0 Å². The number of hydrogen-bond acceptors (Lipinski definition) is 10. The Hall–Kier alpha value is -3.51. The molecular weight excluding hydrogens is 500 g/mol. The topological polar surface area (TPSA) is 140 Å². The molecule has 3 aliphatic rings. The molecule has 7 rings (SSSR count). The number of nitrogens with one attached hydrogen (secondary N) is 3. The first-order valence-corrected chi connectivity index (χ1v) is 13.2. The number of aryl methyl sites for hydroxylation is 1. The van der Waals surface area contributed by atoms with Crippen molar-refractivity contribution in [3.05, 3.63) is 53.7 Å². The molecule has 1 saturated heterocycles. The Morgan fingerprint density at radius 1 is 1.23 bits per heavy atom. The number of rotatable bonds is 8. The van der Waals surface area contributed by atoms with Gasteiger partial charge in [-0.05, 0) is 57.9 Å². The van der Waals surface area contributed by atoms with Gasteiger partial charge in [-0.15, -0.1) is 0 Å². The predicted molar refractivity (Wildman–Crippen MR) is 143 cm³/mol. The summed E-state index contributed by atoms with van der Waals surface area (Å²) in [6.45, 7) is 6.63. The van der Waals surface area contributed by atoms with E-state index in [0.29, 0.717) is 48.2 Å². The number of nitrogens with zero attached hydrogens (tertiary/aromatic N) is 3. The number of aromatic nitrogens is 4. The molecule has 0 radical (unpaired) electrons.